The molecule has 0 fully saturated rings. The standard InChI is InChI=1S/C23H27N3O2/c1-6-21(27)25(7-2)17(5)22-24-20-11-9-8-10-19(20)23(28)26(22)18-13-12-15(3)16(4)14-18/h8-14,17H,6-7H2,1-5H3. The predicted octanol–water partition coefficient (Wildman–Crippen LogP) is 4.32. The Hall–Kier alpha value is -2.95. The van der Waals surface area contributed by atoms with Gasteiger partial charge in [-0.2, -0.15) is 0 Å². The largest absolute Gasteiger partial charge is 0.333 e. The number of amides is 1. The number of benzene rings is 2. The first-order valence-corrected chi connectivity index (χ1v) is 9.77. The Morgan fingerprint density at radius 1 is 1.11 bits per heavy atom. The molecule has 1 unspecified atom stereocenters. The quantitative estimate of drug-likeness (QED) is 0.665. The molecule has 0 aliphatic carbocycles. The Balaban J connectivity index is 2.32. The number of hydrogen-bond donors (Lipinski definition) is 0. The first-order chi connectivity index (χ1) is 13.4. The van der Waals surface area contributed by atoms with Gasteiger partial charge in [0.2, 0.25) is 5.91 Å². The van der Waals surface area contributed by atoms with E-state index < -0.39 is 0 Å². The highest BCUT2D eigenvalue weighted by molar-refractivity contribution is 5.78. The molecule has 0 N–H and O–H groups in total. The van der Waals surface area contributed by atoms with Crippen molar-refractivity contribution in [2.75, 3.05) is 6.54 Å². The van der Waals surface area contributed by atoms with Crippen molar-refractivity contribution in [1.82, 2.24) is 14.5 Å². The van der Waals surface area contributed by atoms with E-state index in [1.54, 1.807) is 15.5 Å². The van der Waals surface area contributed by atoms with Gasteiger partial charge in [0.15, 0.2) is 0 Å². The smallest absolute Gasteiger partial charge is 0.266 e. The van der Waals surface area contributed by atoms with Gasteiger partial charge >= 0.3 is 0 Å². The van der Waals surface area contributed by atoms with Gasteiger partial charge in [-0.05, 0) is 63.1 Å². The van der Waals surface area contributed by atoms with E-state index in [-0.39, 0.29) is 17.5 Å². The van der Waals surface area contributed by atoms with Crippen LogP contribution in [0.2, 0.25) is 0 Å². The van der Waals surface area contributed by atoms with Crippen molar-refractivity contribution < 1.29 is 4.79 Å². The summed E-state index contributed by atoms with van der Waals surface area (Å²) in [4.78, 5) is 32.5. The second-order valence-corrected chi connectivity index (χ2v) is 7.11. The molecule has 28 heavy (non-hydrogen) atoms. The van der Waals surface area contributed by atoms with E-state index in [1.165, 1.54) is 0 Å². The van der Waals surface area contributed by atoms with Gasteiger partial charge < -0.3 is 4.90 Å². The summed E-state index contributed by atoms with van der Waals surface area (Å²) in [6.45, 7) is 10.4. The molecule has 0 bridgehead atoms. The maximum Gasteiger partial charge on any atom is 0.266 e. The molecule has 0 spiro atoms. The van der Waals surface area contributed by atoms with E-state index in [2.05, 4.69) is 0 Å². The van der Waals surface area contributed by atoms with Gasteiger partial charge in [-0.3, -0.25) is 14.2 Å². The first kappa shape index (κ1) is 19.8. The van der Waals surface area contributed by atoms with Crippen LogP contribution in [0.4, 0.5) is 0 Å². The zero-order valence-electron chi connectivity index (χ0n) is 17.2. The fourth-order valence-corrected chi connectivity index (χ4v) is 3.55. The molecule has 0 saturated heterocycles. The molecule has 0 aliphatic heterocycles. The van der Waals surface area contributed by atoms with Gasteiger partial charge in [0.25, 0.3) is 5.56 Å². The number of carbonyl (C=O) groups excluding carboxylic acids is 1. The zero-order chi connectivity index (χ0) is 20.4. The average molecular weight is 377 g/mol. The predicted molar refractivity (Wildman–Crippen MR) is 113 cm³/mol. The summed E-state index contributed by atoms with van der Waals surface area (Å²) in [5.74, 6) is 0.625. The molecule has 146 valence electrons. The Labute approximate surface area is 165 Å². The van der Waals surface area contributed by atoms with Crippen LogP contribution in [0, 0.1) is 13.8 Å². The molecule has 0 radical (unpaired) electrons. The molecular weight excluding hydrogens is 350 g/mol. The second-order valence-electron chi connectivity index (χ2n) is 7.11. The topological polar surface area (TPSA) is 55.2 Å². The van der Waals surface area contributed by atoms with E-state index in [9.17, 15) is 9.59 Å². The van der Waals surface area contributed by atoms with Gasteiger partial charge in [-0.1, -0.05) is 25.1 Å². The monoisotopic (exact) mass is 377 g/mol. The van der Waals surface area contributed by atoms with Crippen LogP contribution in [0.3, 0.4) is 0 Å². The van der Waals surface area contributed by atoms with Crippen molar-refractivity contribution in [3.8, 4) is 5.69 Å². The van der Waals surface area contributed by atoms with Crippen molar-refractivity contribution in [3.05, 3.63) is 69.8 Å². The number of fused-ring (bicyclic) bond motifs is 1. The molecule has 1 heterocycles. The molecule has 5 nitrogen and oxygen atoms in total. The van der Waals surface area contributed by atoms with Gasteiger partial charge in [0.1, 0.15) is 5.82 Å². The zero-order valence-corrected chi connectivity index (χ0v) is 17.2. The minimum atomic E-state index is -0.323. The molecule has 0 aliphatic rings. The van der Waals surface area contributed by atoms with Gasteiger partial charge in [0, 0.05) is 13.0 Å². The normalized spacial score (nSPS) is 12.2. The van der Waals surface area contributed by atoms with Crippen LogP contribution in [-0.2, 0) is 4.79 Å². The lowest BCUT2D eigenvalue weighted by Crippen LogP contribution is -2.37. The first-order valence-electron chi connectivity index (χ1n) is 9.77. The van der Waals surface area contributed by atoms with E-state index in [1.807, 2.05) is 71.0 Å². The maximum atomic E-state index is 13.4. The highest BCUT2D eigenvalue weighted by Gasteiger charge is 2.25. The summed E-state index contributed by atoms with van der Waals surface area (Å²) in [5, 5.41) is 0.571. The molecule has 2 aromatic carbocycles. The molecule has 0 saturated carbocycles. The maximum absolute atomic E-state index is 13.4. The van der Waals surface area contributed by atoms with Gasteiger partial charge in [-0.25, -0.2) is 4.98 Å². The van der Waals surface area contributed by atoms with Crippen LogP contribution < -0.4 is 5.56 Å². The van der Waals surface area contributed by atoms with Crippen LogP contribution in [-0.4, -0.2) is 26.9 Å². The molecule has 3 aromatic rings. The van der Waals surface area contributed by atoms with E-state index >= 15 is 0 Å². The SMILES string of the molecule is CCC(=O)N(CC)C(C)c1nc2ccccc2c(=O)n1-c1ccc(C)c(C)c1. The van der Waals surface area contributed by atoms with Crippen molar-refractivity contribution >= 4 is 16.8 Å². The Kier molecular flexibility index (Phi) is 5.63. The fourth-order valence-electron chi connectivity index (χ4n) is 3.55. The third kappa shape index (κ3) is 3.44. The number of hydrogen-bond acceptors (Lipinski definition) is 3. The molecule has 5 heteroatoms. The summed E-state index contributed by atoms with van der Waals surface area (Å²) in [7, 11) is 0. The average Bonchev–Trinajstić information content (AvgIpc) is 2.70. The van der Waals surface area contributed by atoms with Crippen molar-refractivity contribution in [2.24, 2.45) is 0 Å². The second kappa shape index (κ2) is 7.97. The number of aryl methyl sites for hydroxylation is 2. The number of nitrogens with zero attached hydrogens (tertiary/aromatic N) is 3. The van der Waals surface area contributed by atoms with Gasteiger partial charge in [0.05, 0.1) is 22.6 Å². The lowest BCUT2D eigenvalue weighted by atomic mass is 10.1. The Morgan fingerprint density at radius 3 is 2.46 bits per heavy atom. The number of carbonyl (C=O) groups is 1. The summed E-state index contributed by atoms with van der Waals surface area (Å²) < 4.78 is 1.66. The number of para-hydroxylation sites is 1. The minimum absolute atomic E-state index is 0.0454. The lowest BCUT2D eigenvalue weighted by molar-refractivity contribution is -0.132. The molecule has 1 aromatic heterocycles. The van der Waals surface area contributed by atoms with E-state index in [0.717, 1.165) is 16.8 Å². The van der Waals surface area contributed by atoms with Crippen molar-refractivity contribution in [3.63, 3.8) is 0 Å². The van der Waals surface area contributed by atoms with Crippen LogP contribution >= 0.6 is 0 Å². The summed E-state index contributed by atoms with van der Waals surface area (Å²) in [6, 6.07) is 13.0. The van der Waals surface area contributed by atoms with Gasteiger partial charge in [-0.15, -0.1) is 0 Å². The summed E-state index contributed by atoms with van der Waals surface area (Å²) >= 11 is 0. The fraction of sp³-hybridized carbons (Fsp3) is 0.348. The van der Waals surface area contributed by atoms with E-state index in [4.69, 9.17) is 4.98 Å². The molecular formula is C23H27N3O2. The minimum Gasteiger partial charge on any atom is -0.333 e. The molecule has 1 atom stereocenters. The Morgan fingerprint density at radius 2 is 1.82 bits per heavy atom. The molecule has 1 amide bonds. The highest BCUT2D eigenvalue weighted by Crippen LogP contribution is 2.24. The number of rotatable bonds is 5. The van der Waals surface area contributed by atoms with Crippen LogP contribution in [0.25, 0.3) is 16.6 Å². The third-order valence-electron chi connectivity index (χ3n) is 5.36. The highest BCUT2D eigenvalue weighted by atomic mass is 16.2. The number of aromatic nitrogens is 2. The summed E-state index contributed by atoms with van der Waals surface area (Å²) in [6.07, 6.45) is 0.416. The van der Waals surface area contributed by atoms with Crippen LogP contribution in [0.1, 0.15) is 50.2 Å². The van der Waals surface area contributed by atoms with Crippen molar-refractivity contribution in [2.45, 2.75) is 47.1 Å². The Bertz CT molecular complexity index is 1080. The molecule has 3 rings (SSSR count). The third-order valence-corrected chi connectivity index (χ3v) is 5.36. The summed E-state index contributed by atoms with van der Waals surface area (Å²) in [5.41, 5.74) is 3.57. The van der Waals surface area contributed by atoms with Crippen molar-refractivity contribution in [1.29, 1.82) is 0 Å². The van der Waals surface area contributed by atoms with Crippen LogP contribution in [0.15, 0.2) is 47.3 Å². The van der Waals surface area contributed by atoms with E-state index in [0.29, 0.717) is 29.7 Å². The lowest BCUT2D eigenvalue weighted by Gasteiger charge is -2.29. The van der Waals surface area contributed by atoms with Crippen LogP contribution in [0.5, 0.6) is 0 Å².